The molecule has 32 heavy (non-hydrogen) atoms. The Morgan fingerprint density at radius 3 is 1.84 bits per heavy atom. The molecule has 5 unspecified atom stereocenters. The third kappa shape index (κ3) is 5.24. The van der Waals surface area contributed by atoms with Crippen LogP contribution in [0.2, 0.25) is 0 Å². The van der Waals surface area contributed by atoms with Gasteiger partial charge in [-0.1, -0.05) is 0 Å². The highest BCUT2D eigenvalue weighted by Crippen LogP contribution is 2.30. The van der Waals surface area contributed by atoms with Crippen LogP contribution in [0.25, 0.3) is 0 Å². The van der Waals surface area contributed by atoms with Crippen LogP contribution < -0.4 is 28.7 Å². The summed E-state index contributed by atoms with van der Waals surface area (Å²) in [5.74, 6) is 0. The molecule has 1 saturated carbocycles. The van der Waals surface area contributed by atoms with Crippen LogP contribution in [0.1, 0.15) is 12.8 Å². The largest absolute Gasteiger partial charge is 0.394 e. The predicted molar refractivity (Wildman–Crippen MR) is 108 cm³/mol. The highest BCUT2D eigenvalue weighted by atomic mass is 16.7. The van der Waals surface area contributed by atoms with E-state index in [9.17, 15) is 25.5 Å². The zero-order chi connectivity index (χ0) is 23.7. The van der Waals surface area contributed by atoms with E-state index in [1.807, 2.05) is 0 Å². The van der Waals surface area contributed by atoms with Crippen molar-refractivity contribution in [2.24, 2.45) is 28.7 Å². The van der Waals surface area contributed by atoms with Crippen LogP contribution in [0.3, 0.4) is 0 Å². The second kappa shape index (κ2) is 10.8. The van der Waals surface area contributed by atoms with E-state index in [1.54, 1.807) is 0 Å². The average Bonchev–Trinajstić information content (AvgIpc) is 2.75. The smallest absolute Gasteiger partial charge is 0.186 e. The van der Waals surface area contributed by atoms with Gasteiger partial charge >= 0.3 is 0 Å². The fourth-order valence-corrected chi connectivity index (χ4v) is 4.43. The number of hydrogen-bond acceptors (Lipinski definition) is 14. The number of aliphatic hydroxyl groups excluding tert-OH is 5. The molecule has 3 rings (SSSR count). The fraction of sp³-hybridized carbons (Fsp3) is 1.00. The first-order chi connectivity index (χ1) is 15.1. The molecule has 0 amide bonds. The first-order valence-corrected chi connectivity index (χ1v) is 10.8. The molecule has 1 aliphatic carbocycles. The van der Waals surface area contributed by atoms with Crippen LogP contribution in [-0.4, -0.2) is 124 Å². The lowest BCUT2D eigenvalue weighted by Crippen LogP contribution is -2.68. The van der Waals surface area contributed by atoms with Crippen LogP contribution >= 0.6 is 0 Å². The molecule has 0 spiro atoms. The number of rotatable bonds is 6. The molecule has 2 aliphatic heterocycles. The van der Waals surface area contributed by atoms with E-state index in [2.05, 4.69) is 0 Å². The molecule has 2 heterocycles. The van der Waals surface area contributed by atoms with E-state index in [1.165, 1.54) is 0 Å². The molecule has 3 aliphatic rings. The Morgan fingerprint density at radius 1 is 0.719 bits per heavy atom. The van der Waals surface area contributed by atoms with Gasteiger partial charge in [0.15, 0.2) is 12.6 Å². The van der Waals surface area contributed by atoms with Crippen LogP contribution in [-0.2, 0) is 18.9 Å². The van der Waals surface area contributed by atoms with Gasteiger partial charge in [0.2, 0.25) is 0 Å². The summed E-state index contributed by atoms with van der Waals surface area (Å²) in [6.07, 6.45) is -10.8. The van der Waals surface area contributed by atoms with Gasteiger partial charge in [0, 0.05) is 18.6 Å². The normalized spacial score (nSPS) is 52.7. The number of hydrogen-bond donors (Lipinski definition) is 10. The van der Waals surface area contributed by atoms with E-state index < -0.39 is 92.2 Å². The summed E-state index contributed by atoms with van der Waals surface area (Å²) < 4.78 is 22.7. The quantitative estimate of drug-likeness (QED) is 0.174. The third-order valence-electron chi connectivity index (χ3n) is 6.41. The minimum absolute atomic E-state index is 0.0542. The van der Waals surface area contributed by atoms with Gasteiger partial charge in [-0.2, -0.15) is 0 Å². The van der Waals surface area contributed by atoms with Crippen molar-refractivity contribution in [1.29, 1.82) is 0 Å². The summed E-state index contributed by atoms with van der Waals surface area (Å²) >= 11 is 0. The maximum Gasteiger partial charge on any atom is 0.186 e. The molecule has 0 aromatic carbocycles. The maximum atomic E-state index is 11.0. The minimum Gasteiger partial charge on any atom is -0.394 e. The Kier molecular flexibility index (Phi) is 8.79. The summed E-state index contributed by atoms with van der Waals surface area (Å²) in [5, 5.41) is 50.7. The molecule has 0 aromatic heterocycles. The topological polar surface area (TPSA) is 268 Å². The minimum atomic E-state index is -1.44. The van der Waals surface area contributed by atoms with Crippen molar-refractivity contribution < 1.29 is 44.5 Å². The molecule has 14 nitrogen and oxygen atoms in total. The molecular formula is C18H37N5O9. The van der Waals surface area contributed by atoms with Gasteiger partial charge in [0.25, 0.3) is 0 Å². The zero-order valence-electron chi connectivity index (χ0n) is 17.7. The lowest BCUT2D eigenvalue weighted by atomic mass is 9.84. The number of ether oxygens (including phenoxy) is 4. The molecule has 2 saturated heterocycles. The Balaban J connectivity index is 1.70. The van der Waals surface area contributed by atoms with Gasteiger partial charge < -0.3 is 73.1 Å². The Hall–Kier alpha value is -0.560. The van der Waals surface area contributed by atoms with Crippen LogP contribution in [0.4, 0.5) is 0 Å². The first-order valence-electron chi connectivity index (χ1n) is 10.8. The lowest BCUT2D eigenvalue weighted by molar-refractivity contribution is -0.314. The van der Waals surface area contributed by atoms with Crippen molar-refractivity contribution in [2.75, 3.05) is 13.2 Å². The molecule has 15 N–H and O–H groups in total. The Bertz CT molecular complexity index is 607. The highest BCUT2D eigenvalue weighted by Gasteiger charge is 2.50. The molecule has 14 heteroatoms. The molecule has 0 radical (unpaired) electrons. The lowest BCUT2D eigenvalue weighted by Gasteiger charge is -2.47. The summed E-state index contributed by atoms with van der Waals surface area (Å²) in [7, 11) is 0. The van der Waals surface area contributed by atoms with E-state index >= 15 is 0 Å². The molecule has 3 fully saturated rings. The fourth-order valence-electron chi connectivity index (χ4n) is 4.43. The molecular weight excluding hydrogens is 430 g/mol. The van der Waals surface area contributed by atoms with Gasteiger partial charge in [0.1, 0.15) is 36.6 Å². The molecule has 0 aromatic rings. The molecule has 14 atom stereocenters. The van der Waals surface area contributed by atoms with E-state index in [0.717, 1.165) is 0 Å². The summed E-state index contributed by atoms with van der Waals surface area (Å²) in [4.78, 5) is 0. The van der Waals surface area contributed by atoms with E-state index in [0.29, 0.717) is 0 Å². The predicted octanol–water partition coefficient (Wildman–Crippen LogP) is -6.30. The first kappa shape index (κ1) is 26.1. The van der Waals surface area contributed by atoms with Crippen LogP contribution in [0, 0.1) is 0 Å². The molecule has 188 valence electrons. The second-order valence-electron chi connectivity index (χ2n) is 8.78. The van der Waals surface area contributed by atoms with Gasteiger partial charge in [0.05, 0.1) is 30.9 Å². The summed E-state index contributed by atoms with van der Waals surface area (Å²) in [5.41, 5.74) is 29.8. The SMILES string of the molecule is NC[C@H]1O[C@H](OC2C(O)[C@@H](O[C@H]3OC(CO)[C@@H](O)[C@H](N)C3O)[C@H](N)C[C@@H]2N)C(N)C[C@@H]1O. The van der Waals surface area contributed by atoms with Crippen LogP contribution in [0.5, 0.6) is 0 Å². The van der Waals surface area contributed by atoms with Crippen molar-refractivity contribution in [3.05, 3.63) is 0 Å². The van der Waals surface area contributed by atoms with Gasteiger partial charge in [-0.05, 0) is 12.8 Å². The monoisotopic (exact) mass is 467 g/mol. The van der Waals surface area contributed by atoms with Crippen LogP contribution in [0.15, 0.2) is 0 Å². The second-order valence-corrected chi connectivity index (χ2v) is 8.78. The molecule has 0 bridgehead atoms. The van der Waals surface area contributed by atoms with Gasteiger partial charge in [-0.25, -0.2) is 0 Å². The Labute approximate surface area is 185 Å². The van der Waals surface area contributed by atoms with Crippen molar-refractivity contribution >= 4 is 0 Å². The van der Waals surface area contributed by atoms with Crippen molar-refractivity contribution in [1.82, 2.24) is 0 Å². The van der Waals surface area contributed by atoms with E-state index in [4.69, 9.17) is 47.6 Å². The number of aliphatic hydroxyl groups is 5. The van der Waals surface area contributed by atoms with Crippen molar-refractivity contribution in [2.45, 2.75) is 98.4 Å². The average molecular weight is 468 g/mol. The standard InChI is InChI=1S/C18H37N5O9/c19-3-9-8(25)2-7(22)17(29-9)31-15-5(20)1-6(21)16(14(15)28)32-18-13(27)11(23)12(26)10(4-24)30-18/h5-18,24-28H,1-4,19-23H2/t5-,6+,7?,8-,9+,10?,11-,12+,13?,14?,15?,16-,17+,18+/m0/s1. The van der Waals surface area contributed by atoms with E-state index in [-0.39, 0.29) is 19.4 Å². The summed E-state index contributed by atoms with van der Waals surface area (Å²) in [6, 6.07) is -3.27. The Morgan fingerprint density at radius 2 is 1.28 bits per heavy atom. The van der Waals surface area contributed by atoms with Gasteiger partial charge in [-0.3, -0.25) is 0 Å². The summed E-state index contributed by atoms with van der Waals surface area (Å²) in [6.45, 7) is -0.499. The highest BCUT2D eigenvalue weighted by molar-refractivity contribution is 5.01. The van der Waals surface area contributed by atoms with Gasteiger partial charge in [-0.15, -0.1) is 0 Å². The number of nitrogens with two attached hydrogens (primary N) is 5. The van der Waals surface area contributed by atoms with Crippen molar-refractivity contribution in [3.8, 4) is 0 Å². The maximum absolute atomic E-state index is 11.0. The zero-order valence-corrected chi connectivity index (χ0v) is 17.7. The van der Waals surface area contributed by atoms with Crippen molar-refractivity contribution in [3.63, 3.8) is 0 Å². The third-order valence-corrected chi connectivity index (χ3v) is 6.41.